The summed E-state index contributed by atoms with van der Waals surface area (Å²) in [6.45, 7) is 11.8. The zero-order valence-electron chi connectivity index (χ0n) is 27.5. The quantitative estimate of drug-likeness (QED) is 0.126. The van der Waals surface area contributed by atoms with E-state index >= 15 is 0 Å². The lowest BCUT2D eigenvalue weighted by molar-refractivity contribution is 0.639. The van der Waals surface area contributed by atoms with E-state index in [4.69, 9.17) is 19.9 Å². The van der Waals surface area contributed by atoms with Gasteiger partial charge in [0, 0.05) is 30.9 Å². The van der Waals surface area contributed by atoms with Crippen LogP contribution >= 0.6 is 0 Å². The molecule has 3 aromatic heterocycles. The molecule has 0 amide bonds. The number of hydrogen-bond acceptors (Lipinski definition) is 6. The number of aryl methyl sites for hydroxylation is 2. The van der Waals surface area contributed by atoms with Gasteiger partial charge in [0.25, 0.3) is 0 Å². The van der Waals surface area contributed by atoms with Crippen molar-refractivity contribution < 1.29 is 0 Å². The second-order valence-electron chi connectivity index (χ2n) is 12.1. The van der Waals surface area contributed by atoms with Crippen molar-refractivity contribution in [2.75, 3.05) is 22.9 Å². The van der Waals surface area contributed by atoms with Crippen molar-refractivity contribution in [1.82, 2.24) is 24.5 Å². The van der Waals surface area contributed by atoms with E-state index in [9.17, 15) is 0 Å². The largest absolute Gasteiger partial charge is 0.324 e. The van der Waals surface area contributed by atoms with Gasteiger partial charge >= 0.3 is 0 Å². The van der Waals surface area contributed by atoms with Crippen molar-refractivity contribution in [2.24, 2.45) is 0 Å². The maximum Gasteiger partial charge on any atom is 0.178 e. The highest BCUT2D eigenvalue weighted by Gasteiger charge is 2.33. The Hall–Kier alpha value is -4.26. The molecule has 45 heavy (non-hydrogen) atoms. The van der Waals surface area contributed by atoms with Crippen LogP contribution in [0.3, 0.4) is 0 Å². The Kier molecular flexibility index (Phi) is 9.72. The molecule has 1 aliphatic heterocycles. The van der Waals surface area contributed by atoms with Crippen LogP contribution in [-0.2, 0) is 13.0 Å². The fourth-order valence-electron chi connectivity index (χ4n) is 6.30. The molecule has 0 fully saturated rings. The number of fused-ring (bicyclic) bond motifs is 4. The van der Waals surface area contributed by atoms with E-state index in [2.05, 4.69) is 90.6 Å². The predicted molar refractivity (Wildman–Crippen MR) is 190 cm³/mol. The molecule has 0 spiro atoms. The molecule has 7 heteroatoms. The summed E-state index contributed by atoms with van der Waals surface area (Å²) in [4.78, 5) is 25.4. The third-order valence-electron chi connectivity index (χ3n) is 8.78. The summed E-state index contributed by atoms with van der Waals surface area (Å²) in [6, 6.07) is 16.5. The van der Waals surface area contributed by atoms with Gasteiger partial charge in [0.1, 0.15) is 11.3 Å². The van der Waals surface area contributed by atoms with Crippen LogP contribution in [0.15, 0.2) is 66.5 Å². The third-order valence-corrected chi connectivity index (χ3v) is 8.78. The molecule has 0 N–H and O–H groups in total. The number of rotatable bonds is 14. The highest BCUT2D eigenvalue weighted by molar-refractivity contribution is 5.90. The molecule has 1 aliphatic rings. The molecular weight excluding hydrogens is 554 g/mol. The molecule has 0 aliphatic carbocycles. The Morgan fingerprint density at radius 2 is 1.11 bits per heavy atom. The second-order valence-corrected chi connectivity index (χ2v) is 12.1. The van der Waals surface area contributed by atoms with Crippen LogP contribution in [-0.4, -0.2) is 37.6 Å². The van der Waals surface area contributed by atoms with Crippen LogP contribution in [0.2, 0.25) is 0 Å². The first kappa shape index (κ1) is 30.8. The highest BCUT2D eigenvalue weighted by Crippen LogP contribution is 2.40. The fourth-order valence-corrected chi connectivity index (χ4v) is 6.30. The molecule has 2 aromatic carbocycles. The Morgan fingerprint density at radius 1 is 0.600 bits per heavy atom. The van der Waals surface area contributed by atoms with Crippen molar-refractivity contribution in [3.63, 3.8) is 0 Å². The van der Waals surface area contributed by atoms with E-state index in [-0.39, 0.29) is 0 Å². The minimum Gasteiger partial charge on any atom is -0.324 e. The fraction of sp³-hybridized carbons (Fsp3) is 0.421. The molecule has 0 saturated heterocycles. The van der Waals surface area contributed by atoms with E-state index in [1.165, 1.54) is 11.3 Å². The number of hydrogen-bond donors (Lipinski definition) is 0. The van der Waals surface area contributed by atoms with Crippen molar-refractivity contribution in [1.29, 1.82) is 0 Å². The van der Waals surface area contributed by atoms with Crippen molar-refractivity contribution in [2.45, 2.75) is 92.0 Å². The zero-order valence-corrected chi connectivity index (χ0v) is 27.5. The van der Waals surface area contributed by atoms with E-state index in [1.54, 1.807) is 0 Å². The van der Waals surface area contributed by atoms with Gasteiger partial charge in [0.2, 0.25) is 0 Å². The van der Waals surface area contributed by atoms with E-state index < -0.39 is 0 Å². The molecular formula is C38H47N7. The summed E-state index contributed by atoms with van der Waals surface area (Å²) in [6.07, 6.45) is 16.7. The number of nitrogens with zero attached hydrogens (tertiary/aromatic N) is 7. The van der Waals surface area contributed by atoms with E-state index in [0.29, 0.717) is 0 Å². The number of aromatic nitrogens is 5. The van der Waals surface area contributed by atoms with Crippen molar-refractivity contribution >= 4 is 50.9 Å². The molecule has 234 valence electrons. The van der Waals surface area contributed by atoms with E-state index in [0.717, 1.165) is 128 Å². The molecule has 0 bridgehead atoms. The average molecular weight is 602 g/mol. The number of allylic oxidation sites excluding steroid dienone is 2. The number of para-hydroxylation sites is 4. The maximum absolute atomic E-state index is 5.19. The lowest BCUT2D eigenvalue weighted by atomic mass is 10.1. The summed E-state index contributed by atoms with van der Waals surface area (Å²) in [5, 5.41) is 0. The molecule has 7 nitrogen and oxygen atoms in total. The first-order chi connectivity index (χ1) is 22.2. The van der Waals surface area contributed by atoms with Crippen LogP contribution in [0, 0.1) is 0 Å². The summed E-state index contributed by atoms with van der Waals surface area (Å²) < 4.78 is 2.42. The molecule has 0 atom stereocenters. The van der Waals surface area contributed by atoms with Gasteiger partial charge < -0.3 is 14.4 Å². The normalized spacial score (nSPS) is 13.3. The highest BCUT2D eigenvalue weighted by atomic mass is 15.4. The van der Waals surface area contributed by atoms with Gasteiger partial charge in [-0.15, -0.1) is 0 Å². The van der Waals surface area contributed by atoms with Gasteiger partial charge in [-0.2, -0.15) is 0 Å². The van der Waals surface area contributed by atoms with Crippen LogP contribution in [0.4, 0.5) is 11.6 Å². The Morgan fingerprint density at radius 3 is 1.67 bits per heavy atom. The van der Waals surface area contributed by atoms with Crippen LogP contribution < -0.4 is 9.80 Å². The second kappa shape index (κ2) is 14.2. The van der Waals surface area contributed by atoms with Crippen LogP contribution in [0.5, 0.6) is 0 Å². The lowest BCUT2D eigenvalue weighted by Crippen LogP contribution is -2.30. The maximum atomic E-state index is 5.19. The van der Waals surface area contributed by atoms with Gasteiger partial charge in [-0.3, -0.25) is 0 Å². The Labute approximate surface area is 267 Å². The lowest BCUT2D eigenvalue weighted by Gasteiger charge is -2.24. The molecule has 0 unspecified atom stereocenters. The number of anilines is 2. The molecule has 5 aromatic rings. The number of unbranched alkanes of at least 4 members (excludes halogenated alkanes) is 4. The number of benzene rings is 2. The topological polar surface area (TPSA) is 63.0 Å². The Bertz CT molecular complexity index is 1710. The average Bonchev–Trinajstić information content (AvgIpc) is 3.51. The minimum absolute atomic E-state index is 0.914. The standard InChI is InChI=1S/C38H47N7/c1-5-9-18-28-33(43(25-10-6-2)36-35(28)39-29-19-13-14-20-30(29)40-36)23-17-24-34-44(26-11-7-3)37-38(45(34)27-12-8-4)42-32-22-16-15-21-31(32)41-37/h13-17,19-24H,5-12,18,25-27H2,1-4H3. The van der Waals surface area contributed by atoms with Gasteiger partial charge in [-0.25, -0.2) is 19.9 Å². The summed E-state index contributed by atoms with van der Waals surface area (Å²) >= 11 is 0. The predicted octanol–water partition coefficient (Wildman–Crippen LogP) is 9.45. The molecule has 6 rings (SSSR count). The van der Waals surface area contributed by atoms with Crippen LogP contribution in [0.1, 0.15) is 90.3 Å². The van der Waals surface area contributed by atoms with Crippen LogP contribution in [0.25, 0.3) is 39.3 Å². The first-order valence-corrected chi connectivity index (χ1v) is 17.2. The Balaban J connectivity index is 1.48. The molecule has 0 radical (unpaired) electrons. The zero-order chi connectivity index (χ0) is 31.2. The summed E-state index contributed by atoms with van der Waals surface area (Å²) in [5.41, 5.74) is 8.40. The molecule has 4 heterocycles. The van der Waals surface area contributed by atoms with Gasteiger partial charge in [-0.05, 0) is 68.5 Å². The first-order valence-electron chi connectivity index (χ1n) is 17.2. The third kappa shape index (κ3) is 6.18. The SMILES string of the molecule is CCCCc1c(C=CC=C2N(CCCC)c3nc4ccccc4nc3N2CCCC)n(CCCC)c2nc3ccccc3nc12. The van der Waals surface area contributed by atoms with Gasteiger partial charge in [0.15, 0.2) is 17.3 Å². The van der Waals surface area contributed by atoms with Crippen molar-refractivity contribution in [3.05, 3.63) is 77.8 Å². The monoisotopic (exact) mass is 601 g/mol. The van der Waals surface area contributed by atoms with Crippen molar-refractivity contribution in [3.8, 4) is 0 Å². The smallest absolute Gasteiger partial charge is 0.178 e. The summed E-state index contributed by atoms with van der Waals surface area (Å²) in [7, 11) is 0. The van der Waals surface area contributed by atoms with E-state index in [1.807, 2.05) is 18.2 Å². The summed E-state index contributed by atoms with van der Waals surface area (Å²) in [5.74, 6) is 3.10. The van der Waals surface area contributed by atoms with Gasteiger partial charge in [0.05, 0.1) is 22.1 Å². The molecule has 0 saturated carbocycles. The van der Waals surface area contributed by atoms with Gasteiger partial charge in [-0.1, -0.05) is 83.7 Å². The minimum atomic E-state index is 0.914.